The summed E-state index contributed by atoms with van der Waals surface area (Å²) in [5.41, 5.74) is 0.503. The molecule has 0 heterocycles. The summed E-state index contributed by atoms with van der Waals surface area (Å²) in [6, 6.07) is 5.46. The van der Waals surface area contributed by atoms with Crippen LogP contribution in [0.25, 0.3) is 0 Å². The Balaban J connectivity index is 2.14. The molecular formula is C11H12ClNOS. The van der Waals surface area contributed by atoms with Crippen molar-refractivity contribution in [3.63, 3.8) is 0 Å². The molecule has 0 aliphatic heterocycles. The van der Waals surface area contributed by atoms with Crippen LogP contribution in [0.4, 0.5) is 0 Å². The second kappa shape index (κ2) is 4.06. The van der Waals surface area contributed by atoms with Crippen LogP contribution in [0.5, 0.6) is 0 Å². The van der Waals surface area contributed by atoms with Crippen LogP contribution in [-0.4, -0.2) is 11.9 Å². The van der Waals surface area contributed by atoms with Gasteiger partial charge in [-0.25, -0.2) is 0 Å². The summed E-state index contributed by atoms with van der Waals surface area (Å²) in [4.78, 5) is 12.5. The lowest BCUT2D eigenvalue weighted by Gasteiger charge is -2.06. The van der Waals surface area contributed by atoms with E-state index in [0.717, 1.165) is 11.3 Å². The van der Waals surface area contributed by atoms with Crippen LogP contribution in [0.1, 0.15) is 23.7 Å². The minimum absolute atomic E-state index is 0.106. The van der Waals surface area contributed by atoms with Crippen LogP contribution < -0.4 is 5.32 Å². The molecule has 0 spiro atoms. The van der Waals surface area contributed by atoms with Crippen LogP contribution in [0, 0.1) is 5.92 Å². The molecule has 80 valence electrons. The summed E-state index contributed by atoms with van der Waals surface area (Å²) < 4.78 is 0. The van der Waals surface area contributed by atoms with Crippen LogP contribution in [-0.2, 0) is 0 Å². The Hall–Kier alpha value is -0.670. The first-order valence-corrected chi connectivity index (χ1v) is 5.70. The molecule has 1 saturated carbocycles. The Bertz CT molecular complexity index is 408. The van der Waals surface area contributed by atoms with E-state index in [4.69, 9.17) is 11.6 Å². The minimum atomic E-state index is -0.106. The molecule has 1 aromatic rings. The number of halogens is 1. The van der Waals surface area contributed by atoms with E-state index < -0.39 is 0 Å². The number of nitrogens with one attached hydrogen (secondary N) is 1. The fourth-order valence-corrected chi connectivity index (χ4v) is 1.86. The third-order valence-corrected chi connectivity index (χ3v) is 3.23. The van der Waals surface area contributed by atoms with Crippen LogP contribution in [0.15, 0.2) is 23.1 Å². The zero-order valence-electron chi connectivity index (χ0n) is 8.33. The lowest BCUT2D eigenvalue weighted by molar-refractivity contribution is 0.0949. The molecule has 1 N–H and O–H groups in total. The van der Waals surface area contributed by atoms with Crippen molar-refractivity contribution >= 4 is 30.1 Å². The van der Waals surface area contributed by atoms with Gasteiger partial charge in [0, 0.05) is 10.9 Å². The monoisotopic (exact) mass is 241 g/mol. The first-order chi connectivity index (χ1) is 7.08. The van der Waals surface area contributed by atoms with Gasteiger partial charge in [-0.1, -0.05) is 18.5 Å². The number of thiol groups is 1. The Labute approximate surface area is 99.4 Å². The summed E-state index contributed by atoms with van der Waals surface area (Å²) >= 11 is 10.1. The molecule has 0 aromatic heterocycles. The maximum absolute atomic E-state index is 11.8. The van der Waals surface area contributed by atoms with E-state index in [9.17, 15) is 4.79 Å². The lowest BCUT2D eigenvalue weighted by atomic mass is 10.2. The average molecular weight is 242 g/mol. The summed E-state index contributed by atoms with van der Waals surface area (Å²) in [5, 5.41) is 3.40. The molecule has 1 aromatic carbocycles. The van der Waals surface area contributed by atoms with Crippen molar-refractivity contribution in [2.45, 2.75) is 24.3 Å². The van der Waals surface area contributed by atoms with Gasteiger partial charge in [0.1, 0.15) is 0 Å². The van der Waals surface area contributed by atoms with Crippen LogP contribution >= 0.6 is 24.2 Å². The topological polar surface area (TPSA) is 29.1 Å². The fourth-order valence-electron chi connectivity index (χ4n) is 1.46. The van der Waals surface area contributed by atoms with Crippen molar-refractivity contribution in [1.82, 2.24) is 5.32 Å². The Kier molecular flexibility index (Phi) is 2.94. The average Bonchev–Trinajstić information content (AvgIpc) is 2.86. The highest BCUT2D eigenvalue weighted by atomic mass is 35.5. The second-order valence-corrected chi connectivity index (χ2v) is 4.88. The summed E-state index contributed by atoms with van der Waals surface area (Å²) in [7, 11) is 0. The van der Waals surface area contributed by atoms with E-state index >= 15 is 0 Å². The number of hydrogen-bond donors (Lipinski definition) is 2. The van der Waals surface area contributed by atoms with E-state index in [2.05, 4.69) is 24.9 Å². The van der Waals surface area contributed by atoms with E-state index in [1.165, 1.54) is 0 Å². The molecule has 4 heteroatoms. The van der Waals surface area contributed by atoms with E-state index in [1.54, 1.807) is 18.2 Å². The lowest BCUT2D eigenvalue weighted by Crippen LogP contribution is -2.26. The zero-order valence-corrected chi connectivity index (χ0v) is 9.98. The first kappa shape index (κ1) is 10.8. The Morgan fingerprint density at radius 2 is 2.27 bits per heavy atom. The summed E-state index contributed by atoms with van der Waals surface area (Å²) in [6.07, 6.45) is 1.06. The maximum Gasteiger partial charge on any atom is 0.253 e. The highest BCUT2D eigenvalue weighted by Crippen LogP contribution is 2.30. The van der Waals surface area contributed by atoms with Gasteiger partial charge < -0.3 is 5.32 Å². The molecular weight excluding hydrogens is 230 g/mol. The Morgan fingerprint density at radius 3 is 2.87 bits per heavy atom. The molecule has 1 fully saturated rings. The van der Waals surface area contributed by atoms with Crippen molar-refractivity contribution in [3.05, 3.63) is 28.8 Å². The predicted octanol–water partition coefficient (Wildman–Crippen LogP) is 2.77. The van der Waals surface area contributed by atoms with Gasteiger partial charge in [0.15, 0.2) is 0 Å². The van der Waals surface area contributed by atoms with Crippen molar-refractivity contribution in [3.8, 4) is 0 Å². The number of carbonyl (C=O) groups excluding carboxylic acids is 1. The van der Waals surface area contributed by atoms with Crippen LogP contribution in [0.2, 0.25) is 5.02 Å². The number of rotatable bonds is 2. The number of benzene rings is 1. The maximum atomic E-state index is 11.8. The van der Waals surface area contributed by atoms with Gasteiger partial charge in [-0.15, -0.1) is 12.6 Å². The molecule has 1 amide bonds. The predicted molar refractivity (Wildman–Crippen MR) is 63.7 cm³/mol. The van der Waals surface area contributed by atoms with E-state index in [0.29, 0.717) is 22.5 Å². The third-order valence-electron chi connectivity index (χ3n) is 2.62. The quantitative estimate of drug-likeness (QED) is 0.766. The van der Waals surface area contributed by atoms with Crippen molar-refractivity contribution in [1.29, 1.82) is 0 Å². The molecule has 0 bridgehead atoms. The van der Waals surface area contributed by atoms with Crippen molar-refractivity contribution < 1.29 is 4.79 Å². The standard InChI is InChI=1S/C11H12ClNOS/c1-6-4-10(6)13-11(14)8-5-7(15)2-3-9(8)12/h2-3,5-6,10,15H,4H2,1H3,(H,13,14). The smallest absolute Gasteiger partial charge is 0.253 e. The molecule has 0 saturated heterocycles. The highest BCUT2D eigenvalue weighted by molar-refractivity contribution is 7.80. The zero-order chi connectivity index (χ0) is 11.0. The van der Waals surface area contributed by atoms with E-state index in [1.807, 2.05) is 0 Å². The molecule has 2 rings (SSSR count). The summed E-state index contributed by atoms with van der Waals surface area (Å²) in [6.45, 7) is 2.11. The molecule has 15 heavy (non-hydrogen) atoms. The fraction of sp³-hybridized carbons (Fsp3) is 0.364. The third kappa shape index (κ3) is 2.47. The first-order valence-electron chi connectivity index (χ1n) is 4.87. The van der Waals surface area contributed by atoms with Gasteiger partial charge in [-0.2, -0.15) is 0 Å². The molecule has 1 aliphatic carbocycles. The minimum Gasteiger partial charge on any atom is -0.349 e. The second-order valence-electron chi connectivity index (χ2n) is 3.96. The van der Waals surface area contributed by atoms with Gasteiger partial charge in [-0.3, -0.25) is 4.79 Å². The highest BCUT2D eigenvalue weighted by Gasteiger charge is 2.34. The Morgan fingerprint density at radius 1 is 1.60 bits per heavy atom. The van der Waals surface area contributed by atoms with Gasteiger partial charge >= 0.3 is 0 Å². The SMILES string of the molecule is CC1CC1NC(=O)c1cc(S)ccc1Cl. The molecule has 2 atom stereocenters. The summed E-state index contributed by atoms with van der Waals surface area (Å²) in [5.74, 6) is 0.483. The molecule has 0 radical (unpaired) electrons. The number of hydrogen-bond acceptors (Lipinski definition) is 2. The molecule has 2 unspecified atom stereocenters. The molecule has 1 aliphatic rings. The van der Waals surface area contributed by atoms with Gasteiger partial charge in [0.2, 0.25) is 0 Å². The van der Waals surface area contributed by atoms with Gasteiger partial charge in [-0.05, 0) is 30.5 Å². The van der Waals surface area contributed by atoms with Crippen molar-refractivity contribution in [2.75, 3.05) is 0 Å². The van der Waals surface area contributed by atoms with Crippen LogP contribution in [0.3, 0.4) is 0 Å². The number of carbonyl (C=O) groups is 1. The molecule has 2 nitrogen and oxygen atoms in total. The van der Waals surface area contributed by atoms with Gasteiger partial charge in [0.25, 0.3) is 5.91 Å². The van der Waals surface area contributed by atoms with E-state index in [-0.39, 0.29) is 5.91 Å². The largest absolute Gasteiger partial charge is 0.349 e. The number of amides is 1. The normalized spacial score (nSPS) is 23.7. The van der Waals surface area contributed by atoms with Crippen molar-refractivity contribution in [2.24, 2.45) is 5.92 Å². The van der Waals surface area contributed by atoms with Gasteiger partial charge in [0.05, 0.1) is 10.6 Å².